The van der Waals surface area contributed by atoms with Gasteiger partial charge < -0.3 is 9.47 Å². The van der Waals surface area contributed by atoms with Gasteiger partial charge in [0.1, 0.15) is 6.04 Å². The van der Waals surface area contributed by atoms with Gasteiger partial charge in [0.15, 0.2) is 0 Å². The minimum atomic E-state index is -3.97. The van der Waals surface area contributed by atoms with Crippen molar-refractivity contribution in [3.63, 3.8) is 0 Å². The molecule has 5 rings (SSSR count). The number of imidazole rings is 1. The molecule has 1 saturated carbocycles. The predicted octanol–water partition coefficient (Wildman–Crippen LogP) is 4.77. The largest absolute Gasteiger partial charge is 0.341 e. The zero-order valence-electron chi connectivity index (χ0n) is 20.6. The van der Waals surface area contributed by atoms with E-state index in [0.717, 1.165) is 23.8 Å². The van der Waals surface area contributed by atoms with Crippen molar-refractivity contribution in [3.8, 4) is 0 Å². The smallest absolute Gasteiger partial charge is 0.241 e. The number of carbonyl (C=O) groups is 1. The number of aryl methyl sites for hydroxylation is 2. The number of piperidine rings is 1. The first-order valence-electron chi connectivity index (χ1n) is 12.8. The molecule has 3 aromatic rings. The van der Waals surface area contributed by atoms with Crippen LogP contribution in [0.25, 0.3) is 10.8 Å². The molecule has 1 amide bonds. The molecule has 0 radical (unpaired) electrons. The average molecular weight is 529 g/mol. The van der Waals surface area contributed by atoms with Gasteiger partial charge in [0, 0.05) is 37.4 Å². The Morgan fingerprint density at radius 3 is 2.61 bits per heavy atom. The van der Waals surface area contributed by atoms with Crippen molar-refractivity contribution in [2.45, 2.75) is 62.9 Å². The van der Waals surface area contributed by atoms with E-state index in [-0.39, 0.29) is 17.2 Å². The van der Waals surface area contributed by atoms with E-state index in [1.54, 1.807) is 23.0 Å². The number of carbonyl (C=O) groups excluding carboxylic acids is 1. The summed E-state index contributed by atoms with van der Waals surface area (Å²) in [6, 6.07) is 10.0. The van der Waals surface area contributed by atoms with Crippen molar-refractivity contribution in [1.29, 1.82) is 0 Å². The van der Waals surface area contributed by atoms with Gasteiger partial charge >= 0.3 is 0 Å². The summed E-state index contributed by atoms with van der Waals surface area (Å²) in [4.78, 5) is 19.9. The molecule has 1 unspecified atom stereocenters. The number of aromatic nitrogens is 2. The van der Waals surface area contributed by atoms with Gasteiger partial charge in [-0.25, -0.2) is 13.4 Å². The van der Waals surface area contributed by atoms with Crippen LogP contribution >= 0.6 is 11.6 Å². The highest BCUT2D eigenvalue weighted by Gasteiger charge is 2.36. The third-order valence-corrected chi connectivity index (χ3v) is 9.76. The molecule has 1 saturated heterocycles. The van der Waals surface area contributed by atoms with Gasteiger partial charge in [-0.15, -0.1) is 0 Å². The summed E-state index contributed by atoms with van der Waals surface area (Å²) < 4.78 is 31.9. The summed E-state index contributed by atoms with van der Waals surface area (Å²) in [7, 11) is -3.97. The summed E-state index contributed by atoms with van der Waals surface area (Å²) in [5.74, 6) is 1.04. The van der Waals surface area contributed by atoms with E-state index in [2.05, 4.69) is 9.71 Å². The Labute approximate surface area is 217 Å². The minimum Gasteiger partial charge on any atom is -0.341 e. The predicted molar refractivity (Wildman–Crippen MR) is 141 cm³/mol. The number of nitrogens with one attached hydrogen (secondary N) is 1. The number of sulfonamides is 1. The van der Waals surface area contributed by atoms with Crippen molar-refractivity contribution in [2.75, 3.05) is 13.1 Å². The molecule has 1 N–H and O–H groups in total. The standard InChI is InChI=1S/C27H33ClN4O3S/c1-19-10-11-25(23-9-5-4-8-22(19)23)36(34,35)30-24(13-16-31-17-14-29-27(31)28)26(33)32-15-12-20-6-2-3-7-21(20)18-32/h4-5,8-11,14,17,20-21,24,30H,2-3,6-7,12-13,15-16,18H2,1H3/t20-,21+,24?/m1/s1. The average Bonchev–Trinajstić information content (AvgIpc) is 3.30. The fraction of sp³-hybridized carbons (Fsp3) is 0.481. The van der Waals surface area contributed by atoms with Crippen LogP contribution in [0.5, 0.6) is 0 Å². The van der Waals surface area contributed by atoms with Gasteiger partial charge in [-0.05, 0) is 66.6 Å². The van der Waals surface area contributed by atoms with Crippen LogP contribution in [-0.2, 0) is 21.4 Å². The molecule has 1 aliphatic heterocycles. The lowest BCUT2D eigenvalue weighted by Gasteiger charge is -2.42. The van der Waals surface area contributed by atoms with Crippen LogP contribution in [0.15, 0.2) is 53.7 Å². The second-order valence-electron chi connectivity index (χ2n) is 10.2. The fourth-order valence-electron chi connectivity index (χ4n) is 5.91. The van der Waals surface area contributed by atoms with Crippen LogP contribution in [-0.4, -0.2) is 47.9 Å². The lowest BCUT2D eigenvalue weighted by molar-refractivity contribution is -0.136. The van der Waals surface area contributed by atoms with E-state index < -0.39 is 16.1 Å². The number of likely N-dealkylation sites (tertiary alicyclic amines) is 1. The molecule has 1 aliphatic carbocycles. The van der Waals surface area contributed by atoms with E-state index in [0.29, 0.717) is 42.1 Å². The third-order valence-electron chi connectivity index (χ3n) is 7.91. The maximum atomic E-state index is 13.8. The quantitative estimate of drug-likeness (QED) is 0.478. The summed E-state index contributed by atoms with van der Waals surface area (Å²) in [6.07, 6.45) is 9.46. The van der Waals surface area contributed by atoms with E-state index in [4.69, 9.17) is 11.6 Å². The Hall–Kier alpha value is -2.42. The number of hydrogen-bond acceptors (Lipinski definition) is 4. The Bertz CT molecular complexity index is 1360. The van der Waals surface area contributed by atoms with Crippen molar-refractivity contribution in [1.82, 2.24) is 19.2 Å². The van der Waals surface area contributed by atoms with Gasteiger partial charge in [-0.3, -0.25) is 4.79 Å². The van der Waals surface area contributed by atoms with Gasteiger partial charge in [-0.2, -0.15) is 4.72 Å². The third kappa shape index (κ3) is 5.17. The monoisotopic (exact) mass is 528 g/mol. The number of rotatable bonds is 7. The molecule has 0 spiro atoms. The van der Waals surface area contributed by atoms with E-state index in [9.17, 15) is 13.2 Å². The van der Waals surface area contributed by atoms with Gasteiger partial charge in [0.05, 0.1) is 4.90 Å². The van der Waals surface area contributed by atoms with Crippen molar-refractivity contribution in [2.24, 2.45) is 11.8 Å². The van der Waals surface area contributed by atoms with Crippen molar-refractivity contribution < 1.29 is 13.2 Å². The molecular formula is C27H33ClN4O3S. The van der Waals surface area contributed by atoms with Crippen molar-refractivity contribution >= 4 is 38.3 Å². The first-order valence-corrected chi connectivity index (χ1v) is 14.7. The van der Waals surface area contributed by atoms with Crippen LogP contribution in [0.2, 0.25) is 5.28 Å². The highest BCUT2D eigenvalue weighted by Crippen LogP contribution is 2.36. The maximum absolute atomic E-state index is 13.8. The number of nitrogens with zero attached hydrogens (tertiary/aromatic N) is 3. The number of benzene rings is 2. The van der Waals surface area contributed by atoms with Crippen LogP contribution in [0, 0.1) is 18.8 Å². The van der Waals surface area contributed by atoms with Crippen molar-refractivity contribution in [3.05, 3.63) is 59.6 Å². The lowest BCUT2D eigenvalue weighted by atomic mass is 9.75. The summed E-state index contributed by atoms with van der Waals surface area (Å²) in [6.45, 7) is 3.73. The van der Waals surface area contributed by atoms with Crippen LogP contribution < -0.4 is 4.72 Å². The SMILES string of the molecule is Cc1ccc(S(=O)(=O)NC(CCn2ccnc2Cl)C(=O)N2CC[C@H]3CCCC[C@H]3C2)c2ccccc12. The first-order chi connectivity index (χ1) is 17.3. The summed E-state index contributed by atoms with van der Waals surface area (Å²) in [5.41, 5.74) is 1.00. The first kappa shape index (κ1) is 25.2. The van der Waals surface area contributed by atoms with E-state index in [1.165, 1.54) is 19.3 Å². The van der Waals surface area contributed by atoms with E-state index >= 15 is 0 Å². The molecule has 2 aliphatic rings. The molecule has 2 aromatic carbocycles. The van der Waals surface area contributed by atoms with Gasteiger partial charge in [0.2, 0.25) is 21.2 Å². The molecule has 3 atom stereocenters. The molecule has 2 fully saturated rings. The molecule has 7 nitrogen and oxygen atoms in total. The minimum absolute atomic E-state index is 0.157. The van der Waals surface area contributed by atoms with Gasteiger partial charge in [-0.1, -0.05) is 49.6 Å². The number of hydrogen-bond donors (Lipinski definition) is 1. The number of fused-ring (bicyclic) bond motifs is 2. The zero-order valence-corrected chi connectivity index (χ0v) is 22.1. The molecule has 2 heterocycles. The molecule has 36 heavy (non-hydrogen) atoms. The maximum Gasteiger partial charge on any atom is 0.241 e. The highest BCUT2D eigenvalue weighted by atomic mass is 35.5. The molecule has 0 bridgehead atoms. The zero-order chi connectivity index (χ0) is 25.3. The van der Waals surface area contributed by atoms with Gasteiger partial charge in [0.25, 0.3) is 0 Å². The Balaban J connectivity index is 1.42. The molecule has 9 heteroatoms. The Morgan fingerprint density at radius 1 is 1.11 bits per heavy atom. The molecular weight excluding hydrogens is 496 g/mol. The Kier molecular flexibility index (Phi) is 7.37. The highest BCUT2D eigenvalue weighted by molar-refractivity contribution is 7.89. The number of halogens is 1. The topological polar surface area (TPSA) is 84.3 Å². The fourth-order valence-corrected chi connectivity index (χ4v) is 7.54. The number of amides is 1. The molecule has 192 valence electrons. The molecule has 1 aromatic heterocycles. The van der Waals surface area contributed by atoms with E-state index in [1.807, 2.05) is 42.2 Å². The second-order valence-corrected chi connectivity index (χ2v) is 12.2. The Morgan fingerprint density at radius 2 is 1.86 bits per heavy atom. The van der Waals surface area contributed by atoms with Crippen LogP contribution in [0.1, 0.15) is 44.1 Å². The normalized spacial score (nSPS) is 21.3. The second kappa shape index (κ2) is 10.5. The van der Waals surface area contributed by atoms with Crippen LogP contribution in [0.4, 0.5) is 0 Å². The lowest BCUT2D eigenvalue weighted by Crippen LogP contribution is -2.53. The summed E-state index contributed by atoms with van der Waals surface area (Å²) in [5, 5.41) is 1.85. The summed E-state index contributed by atoms with van der Waals surface area (Å²) >= 11 is 6.15. The van der Waals surface area contributed by atoms with Crippen LogP contribution in [0.3, 0.4) is 0 Å².